The average molecular weight is 449 g/mol. The molecule has 1 N–H and O–H groups in total. The van der Waals surface area contributed by atoms with Crippen molar-refractivity contribution in [3.8, 4) is 5.69 Å². The molecule has 6 nitrogen and oxygen atoms in total. The van der Waals surface area contributed by atoms with Gasteiger partial charge >= 0.3 is 0 Å². The minimum Gasteiger partial charge on any atom is -0.295 e. The van der Waals surface area contributed by atoms with Crippen LogP contribution in [0.5, 0.6) is 0 Å². The zero-order valence-corrected chi connectivity index (χ0v) is 19.2. The van der Waals surface area contributed by atoms with Crippen LogP contribution in [0.1, 0.15) is 29.3 Å². The highest BCUT2D eigenvalue weighted by atomic mass is 16.2. The summed E-state index contributed by atoms with van der Waals surface area (Å²) in [4.78, 5) is 27.4. The van der Waals surface area contributed by atoms with E-state index >= 15 is 0 Å². The van der Waals surface area contributed by atoms with Crippen molar-refractivity contribution in [1.29, 1.82) is 0 Å². The number of hydrogen-bond donors (Lipinski definition) is 1. The molecule has 34 heavy (non-hydrogen) atoms. The maximum absolute atomic E-state index is 13.7. The van der Waals surface area contributed by atoms with Gasteiger partial charge in [0.2, 0.25) is 0 Å². The van der Waals surface area contributed by atoms with Gasteiger partial charge in [-0.15, -0.1) is 0 Å². The van der Waals surface area contributed by atoms with E-state index in [1.54, 1.807) is 6.92 Å². The SMILES string of the molecule is CC1=NN(c2ccccc2)C(=O)/C1=C(\c1ccccc1)c1c(C)[nH]n(-c2ccc(C)cc2)c1=O. The lowest BCUT2D eigenvalue weighted by molar-refractivity contribution is -0.114. The second-order valence-corrected chi connectivity index (χ2v) is 8.34. The molecule has 168 valence electrons. The molecule has 1 aliphatic heterocycles. The van der Waals surface area contributed by atoms with Crippen LogP contribution in [0.3, 0.4) is 0 Å². The van der Waals surface area contributed by atoms with Gasteiger partial charge in [-0.25, -0.2) is 4.68 Å². The van der Waals surface area contributed by atoms with Crippen molar-refractivity contribution in [2.45, 2.75) is 20.8 Å². The van der Waals surface area contributed by atoms with E-state index in [1.165, 1.54) is 9.69 Å². The first kappa shape index (κ1) is 21.4. The average Bonchev–Trinajstić information content (AvgIpc) is 3.31. The number of benzene rings is 3. The van der Waals surface area contributed by atoms with Crippen molar-refractivity contribution in [2.75, 3.05) is 5.01 Å². The third-order valence-electron chi connectivity index (χ3n) is 5.94. The second kappa shape index (κ2) is 8.48. The van der Waals surface area contributed by atoms with Gasteiger partial charge in [-0.3, -0.25) is 14.7 Å². The van der Waals surface area contributed by atoms with Crippen molar-refractivity contribution < 1.29 is 4.79 Å². The van der Waals surface area contributed by atoms with Crippen LogP contribution in [0.2, 0.25) is 0 Å². The van der Waals surface area contributed by atoms with Gasteiger partial charge in [0.25, 0.3) is 11.5 Å². The molecule has 0 aliphatic carbocycles. The fraction of sp³-hybridized carbons (Fsp3) is 0.107. The Morgan fingerprint density at radius 1 is 0.765 bits per heavy atom. The summed E-state index contributed by atoms with van der Waals surface area (Å²) in [6.07, 6.45) is 0. The molecule has 4 aromatic rings. The van der Waals surface area contributed by atoms with Gasteiger partial charge in [0.15, 0.2) is 0 Å². The Morgan fingerprint density at radius 3 is 2.03 bits per heavy atom. The highest BCUT2D eigenvalue weighted by Gasteiger charge is 2.34. The molecular weight excluding hydrogens is 424 g/mol. The number of anilines is 1. The number of H-pyrrole nitrogens is 1. The molecule has 0 saturated heterocycles. The zero-order chi connectivity index (χ0) is 23.8. The molecule has 0 fully saturated rings. The number of carbonyl (C=O) groups excluding carboxylic acids is 1. The maximum atomic E-state index is 13.7. The second-order valence-electron chi connectivity index (χ2n) is 8.34. The first-order chi connectivity index (χ1) is 16.5. The number of carbonyl (C=O) groups is 1. The Hall–Kier alpha value is -4.45. The van der Waals surface area contributed by atoms with Crippen LogP contribution in [0, 0.1) is 13.8 Å². The van der Waals surface area contributed by atoms with Crippen molar-refractivity contribution in [3.05, 3.63) is 123 Å². The van der Waals surface area contributed by atoms with Gasteiger partial charge in [0.05, 0.1) is 28.2 Å². The molecule has 0 radical (unpaired) electrons. The number of aromatic nitrogens is 2. The predicted octanol–water partition coefficient (Wildman–Crippen LogP) is 5.01. The number of aryl methyl sites for hydroxylation is 2. The molecule has 1 amide bonds. The maximum Gasteiger partial charge on any atom is 0.281 e. The van der Waals surface area contributed by atoms with Gasteiger partial charge in [-0.2, -0.15) is 10.1 Å². The molecular formula is C28H24N4O2. The standard InChI is InChI=1S/C28H24N4O2/c1-18-14-16-23(17-15-18)32-28(34)25(20(3)30-32)26(21-10-6-4-7-11-21)24-19(2)29-31(27(24)33)22-12-8-5-9-13-22/h4-17,30H,1-3H3/b26-24+. The number of nitrogens with one attached hydrogen (secondary N) is 1. The van der Waals surface area contributed by atoms with E-state index in [1.807, 2.05) is 98.8 Å². The van der Waals surface area contributed by atoms with Crippen LogP contribution >= 0.6 is 0 Å². The monoisotopic (exact) mass is 448 g/mol. The molecule has 0 atom stereocenters. The normalized spacial score (nSPS) is 15.0. The van der Waals surface area contributed by atoms with Gasteiger partial charge in [0.1, 0.15) is 0 Å². The van der Waals surface area contributed by atoms with Crippen molar-refractivity contribution >= 4 is 22.9 Å². The van der Waals surface area contributed by atoms with Gasteiger partial charge in [-0.1, -0.05) is 66.2 Å². The van der Waals surface area contributed by atoms with Gasteiger partial charge < -0.3 is 0 Å². The number of aromatic amines is 1. The van der Waals surface area contributed by atoms with E-state index in [2.05, 4.69) is 10.2 Å². The fourth-order valence-electron chi connectivity index (χ4n) is 4.27. The zero-order valence-electron chi connectivity index (χ0n) is 19.2. The topological polar surface area (TPSA) is 70.5 Å². The quantitative estimate of drug-likeness (QED) is 0.446. The van der Waals surface area contributed by atoms with Gasteiger partial charge in [0, 0.05) is 11.3 Å². The molecule has 6 heteroatoms. The highest BCUT2D eigenvalue weighted by molar-refractivity contribution is 6.34. The summed E-state index contributed by atoms with van der Waals surface area (Å²) in [7, 11) is 0. The lowest BCUT2D eigenvalue weighted by Crippen LogP contribution is -2.24. The van der Waals surface area contributed by atoms with Crippen LogP contribution < -0.4 is 10.6 Å². The predicted molar refractivity (Wildman–Crippen MR) is 135 cm³/mol. The Labute approximate surface area is 197 Å². The summed E-state index contributed by atoms with van der Waals surface area (Å²) in [5.41, 5.74) is 5.78. The first-order valence-corrected chi connectivity index (χ1v) is 11.1. The Morgan fingerprint density at radius 2 is 1.38 bits per heavy atom. The molecule has 5 rings (SSSR count). The van der Waals surface area contributed by atoms with Crippen molar-refractivity contribution in [3.63, 3.8) is 0 Å². The molecule has 2 heterocycles. The van der Waals surface area contributed by atoms with E-state index in [0.717, 1.165) is 16.8 Å². The fourth-order valence-corrected chi connectivity index (χ4v) is 4.27. The van der Waals surface area contributed by atoms with E-state index in [9.17, 15) is 9.59 Å². The number of nitrogens with zero attached hydrogens (tertiary/aromatic N) is 3. The van der Waals surface area contributed by atoms with Crippen LogP contribution in [-0.2, 0) is 4.79 Å². The Kier molecular flexibility index (Phi) is 5.34. The highest BCUT2D eigenvalue weighted by Crippen LogP contribution is 2.33. The van der Waals surface area contributed by atoms with Crippen LogP contribution in [0.4, 0.5) is 5.69 Å². The lowest BCUT2D eigenvalue weighted by atomic mass is 9.91. The largest absolute Gasteiger partial charge is 0.295 e. The third-order valence-corrected chi connectivity index (χ3v) is 5.94. The number of hydrazone groups is 1. The summed E-state index contributed by atoms with van der Waals surface area (Å²) >= 11 is 0. The minimum absolute atomic E-state index is 0.216. The lowest BCUT2D eigenvalue weighted by Gasteiger charge is -2.14. The molecule has 1 aliphatic rings. The molecule has 0 bridgehead atoms. The van der Waals surface area contributed by atoms with Crippen LogP contribution in [-0.4, -0.2) is 21.4 Å². The first-order valence-electron chi connectivity index (χ1n) is 11.1. The summed E-state index contributed by atoms with van der Waals surface area (Å²) in [5, 5.41) is 9.15. The number of rotatable bonds is 4. The third kappa shape index (κ3) is 3.59. The molecule has 3 aromatic carbocycles. The van der Waals surface area contributed by atoms with E-state index < -0.39 is 0 Å². The smallest absolute Gasteiger partial charge is 0.281 e. The summed E-state index contributed by atoms with van der Waals surface area (Å²) < 4.78 is 1.52. The Bertz CT molecular complexity index is 1490. The van der Waals surface area contributed by atoms with Crippen LogP contribution in [0.15, 0.2) is 100 Å². The van der Waals surface area contributed by atoms with E-state index in [4.69, 9.17) is 0 Å². The van der Waals surface area contributed by atoms with E-state index in [0.29, 0.717) is 33.8 Å². The van der Waals surface area contributed by atoms with Crippen LogP contribution in [0.25, 0.3) is 11.3 Å². The molecule has 0 saturated carbocycles. The minimum atomic E-state index is -0.260. The Balaban J connectivity index is 1.75. The molecule has 1 aromatic heterocycles. The summed E-state index contributed by atoms with van der Waals surface area (Å²) in [5.74, 6) is -0.260. The van der Waals surface area contributed by atoms with Crippen molar-refractivity contribution in [2.24, 2.45) is 5.10 Å². The number of hydrogen-bond acceptors (Lipinski definition) is 3. The van der Waals surface area contributed by atoms with Gasteiger partial charge in [-0.05, 0) is 50.6 Å². The van der Waals surface area contributed by atoms with Crippen molar-refractivity contribution in [1.82, 2.24) is 9.78 Å². The molecule has 0 unspecified atom stereocenters. The molecule has 0 spiro atoms. The number of amides is 1. The summed E-state index contributed by atoms with van der Waals surface area (Å²) in [6, 6.07) is 26.6. The van der Waals surface area contributed by atoms with E-state index in [-0.39, 0.29) is 11.5 Å². The number of para-hydroxylation sites is 1. The summed E-state index contributed by atoms with van der Waals surface area (Å²) in [6.45, 7) is 5.66.